The first-order valence-corrected chi connectivity index (χ1v) is 9.65. The van der Waals surface area contributed by atoms with E-state index < -0.39 is 5.97 Å². The predicted molar refractivity (Wildman–Crippen MR) is 116 cm³/mol. The molecule has 1 aromatic heterocycles. The van der Waals surface area contributed by atoms with Gasteiger partial charge in [0, 0.05) is 11.1 Å². The summed E-state index contributed by atoms with van der Waals surface area (Å²) in [5.41, 5.74) is 4.40. The van der Waals surface area contributed by atoms with Gasteiger partial charge in [-0.05, 0) is 19.1 Å². The first-order chi connectivity index (χ1) is 14.8. The summed E-state index contributed by atoms with van der Waals surface area (Å²) in [6.07, 6.45) is 0. The summed E-state index contributed by atoms with van der Waals surface area (Å²) in [7, 11) is 0. The molecule has 6 nitrogen and oxygen atoms in total. The first kappa shape index (κ1) is 19.3. The summed E-state index contributed by atoms with van der Waals surface area (Å²) in [6.45, 7) is 2.06. The SMILES string of the molecule is CCOC(=O)c1ccccc1N=Nc1nc(-c2ccccc2)c(-c2ccccc2)[nH]1. The number of azo groups is 1. The summed E-state index contributed by atoms with van der Waals surface area (Å²) in [5, 5.41) is 8.51. The highest BCUT2D eigenvalue weighted by Crippen LogP contribution is 2.32. The number of aromatic nitrogens is 2. The zero-order valence-corrected chi connectivity index (χ0v) is 16.4. The molecule has 0 saturated heterocycles. The van der Waals surface area contributed by atoms with Crippen molar-refractivity contribution in [3.05, 3.63) is 90.5 Å². The van der Waals surface area contributed by atoms with Gasteiger partial charge < -0.3 is 9.72 Å². The number of nitrogens with zero attached hydrogens (tertiary/aromatic N) is 3. The lowest BCUT2D eigenvalue weighted by atomic mass is 10.1. The number of rotatable bonds is 6. The number of imidazole rings is 1. The number of hydrogen-bond acceptors (Lipinski definition) is 5. The maximum absolute atomic E-state index is 12.2. The second-order valence-electron chi connectivity index (χ2n) is 6.45. The average molecular weight is 396 g/mol. The fraction of sp³-hybridized carbons (Fsp3) is 0.0833. The van der Waals surface area contributed by atoms with Gasteiger partial charge in [0.15, 0.2) is 0 Å². The molecule has 4 aromatic rings. The number of aromatic amines is 1. The van der Waals surface area contributed by atoms with Crippen molar-refractivity contribution in [1.29, 1.82) is 0 Å². The van der Waals surface area contributed by atoms with E-state index >= 15 is 0 Å². The average Bonchev–Trinajstić information content (AvgIpc) is 3.24. The molecule has 0 spiro atoms. The van der Waals surface area contributed by atoms with Crippen molar-refractivity contribution in [2.24, 2.45) is 10.2 Å². The minimum absolute atomic E-state index is 0.295. The molecule has 0 atom stereocenters. The number of H-pyrrole nitrogens is 1. The highest BCUT2D eigenvalue weighted by molar-refractivity contribution is 5.94. The van der Waals surface area contributed by atoms with Gasteiger partial charge in [-0.1, -0.05) is 72.8 Å². The van der Waals surface area contributed by atoms with Gasteiger partial charge in [-0.3, -0.25) is 0 Å². The highest BCUT2D eigenvalue weighted by Gasteiger charge is 2.15. The normalized spacial score (nSPS) is 11.0. The zero-order chi connectivity index (χ0) is 20.8. The zero-order valence-electron chi connectivity index (χ0n) is 16.4. The fourth-order valence-corrected chi connectivity index (χ4v) is 3.07. The van der Waals surface area contributed by atoms with Crippen LogP contribution in [0.5, 0.6) is 0 Å². The topological polar surface area (TPSA) is 79.7 Å². The second kappa shape index (κ2) is 8.96. The van der Waals surface area contributed by atoms with Gasteiger partial charge in [0.1, 0.15) is 5.69 Å². The van der Waals surface area contributed by atoms with Gasteiger partial charge in [-0.15, -0.1) is 10.2 Å². The molecular formula is C24H20N4O2. The lowest BCUT2D eigenvalue weighted by Crippen LogP contribution is -2.04. The van der Waals surface area contributed by atoms with Crippen molar-refractivity contribution < 1.29 is 9.53 Å². The third kappa shape index (κ3) is 4.17. The van der Waals surface area contributed by atoms with Crippen LogP contribution in [0.1, 0.15) is 17.3 Å². The molecule has 148 valence electrons. The molecule has 0 fully saturated rings. The molecule has 6 heteroatoms. The van der Waals surface area contributed by atoms with Gasteiger partial charge >= 0.3 is 5.97 Å². The molecular weight excluding hydrogens is 376 g/mol. The molecule has 1 heterocycles. The number of benzene rings is 3. The third-order valence-corrected chi connectivity index (χ3v) is 4.45. The minimum Gasteiger partial charge on any atom is -0.462 e. The molecule has 0 aliphatic heterocycles. The monoisotopic (exact) mass is 396 g/mol. The Balaban J connectivity index is 1.73. The summed E-state index contributed by atoms with van der Waals surface area (Å²) in [5.74, 6) is -0.0761. The summed E-state index contributed by atoms with van der Waals surface area (Å²) < 4.78 is 5.10. The van der Waals surface area contributed by atoms with Gasteiger partial charge in [0.25, 0.3) is 0 Å². The maximum Gasteiger partial charge on any atom is 0.340 e. The lowest BCUT2D eigenvalue weighted by Gasteiger charge is -2.03. The second-order valence-corrected chi connectivity index (χ2v) is 6.45. The molecule has 0 bridgehead atoms. The van der Waals surface area contributed by atoms with Crippen molar-refractivity contribution in [1.82, 2.24) is 9.97 Å². The predicted octanol–water partition coefficient (Wildman–Crippen LogP) is 6.34. The van der Waals surface area contributed by atoms with E-state index in [0.29, 0.717) is 23.8 Å². The number of carbonyl (C=O) groups is 1. The molecule has 30 heavy (non-hydrogen) atoms. The van der Waals surface area contributed by atoms with E-state index in [9.17, 15) is 4.79 Å². The molecule has 0 aliphatic carbocycles. The van der Waals surface area contributed by atoms with Crippen LogP contribution in [0.4, 0.5) is 11.6 Å². The van der Waals surface area contributed by atoms with Crippen LogP contribution in [-0.4, -0.2) is 22.5 Å². The quantitative estimate of drug-likeness (QED) is 0.305. The van der Waals surface area contributed by atoms with Crippen LogP contribution in [0.15, 0.2) is 95.2 Å². The van der Waals surface area contributed by atoms with Crippen molar-refractivity contribution >= 4 is 17.6 Å². The van der Waals surface area contributed by atoms with Crippen LogP contribution < -0.4 is 0 Å². The molecule has 3 aromatic carbocycles. The summed E-state index contributed by atoms with van der Waals surface area (Å²) in [6, 6.07) is 26.8. The summed E-state index contributed by atoms with van der Waals surface area (Å²) in [4.78, 5) is 20.1. The van der Waals surface area contributed by atoms with Crippen LogP contribution >= 0.6 is 0 Å². The van der Waals surface area contributed by atoms with Crippen molar-refractivity contribution in [2.75, 3.05) is 6.61 Å². The molecule has 1 N–H and O–H groups in total. The molecule has 0 radical (unpaired) electrons. The first-order valence-electron chi connectivity index (χ1n) is 9.65. The Labute approximate surface area is 174 Å². The number of nitrogens with one attached hydrogen (secondary N) is 1. The smallest absolute Gasteiger partial charge is 0.340 e. The number of esters is 1. The third-order valence-electron chi connectivity index (χ3n) is 4.45. The molecule has 4 rings (SSSR count). The van der Waals surface area contributed by atoms with Crippen LogP contribution in [0.25, 0.3) is 22.5 Å². The Bertz CT molecular complexity index is 1110. The summed E-state index contributed by atoms with van der Waals surface area (Å²) >= 11 is 0. The Hall–Kier alpha value is -4.06. The van der Waals surface area contributed by atoms with E-state index in [1.165, 1.54) is 0 Å². The number of hydrogen-bond donors (Lipinski definition) is 1. The maximum atomic E-state index is 12.2. The molecule has 0 aliphatic rings. The van der Waals surface area contributed by atoms with Gasteiger partial charge in [0.2, 0.25) is 5.95 Å². The van der Waals surface area contributed by atoms with Crippen LogP contribution in [-0.2, 0) is 4.74 Å². The van der Waals surface area contributed by atoms with Crippen LogP contribution in [0, 0.1) is 0 Å². The largest absolute Gasteiger partial charge is 0.462 e. The number of ether oxygens (including phenoxy) is 1. The standard InChI is InChI=1S/C24H20N4O2/c1-2-30-23(29)19-15-9-10-16-20(19)27-28-24-25-21(17-11-5-3-6-12-17)22(26-24)18-13-7-4-8-14-18/h3-16H,2H2,1H3,(H,25,26). The molecule has 0 unspecified atom stereocenters. The minimum atomic E-state index is -0.429. The van der Waals surface area contributed by atoms with Crippen LogP contribution in [0.2, 0.25) is 0 Å². The highest BCUT2D eigenvalue weighted by atomic mass is 16.5. The van der Waals surface area contributed by atoms with Gasteiger partial charge in [-0.25, -0.2) is 9.78 Å². The van der Waals surface area contributed by atoms with E-state index in [1.54, 1.807) is 31.2 Å². The Morgan fingerprint density at radius 1 is 0.867 bits per heavy atom. The van der Waals surface area contributed by atoms with Gasteiger partial charge in [-0.2, -0.15) is 0 Å². The van der Waals surface area contributed by atoms with E-state index in [-0.39, 0.29) is 0 Å². The molecule has 0 amide bonds. The van der Waals surface area contributed by atoms with E-state index in [0.717, 1.165) is 22.5 Å². The van der Waals surface area contributed by atoms with Crippen molar-refractivity contribution in [3.63, 3.8) is 0 Å². The van der Waals surface area contributed by atoms with Crippen LogP contribution in [0.3, 0.4) is 0 Å². The van der Waals surface area contributed by atoms with E-state index in [2.05, 4.69) is 20.2 Å². The van der Waals surface area contributed by atoms with E-state index in [4.69, 9.17) is 4.74 Å². The molecule has 0 saturated carbocycles. The van der Waals surface area contributed by atoms with Crippen molar-refractivity contribution in [2.45, 2.75) is 6.92 Å². The van der Waals surface area contributed by atoms with E-state index in [1.807, 2.05) is 60.7 Å². The van der Waals surface area contributed by atoms with Gasteiger partial charge in [0.05, 0.1) is 23.6 Å². The fourth-order valence-electron chi connectivity index (χ4n) is 3.07. The lowest BCUT2D eigenvalue weighted by molar-refractivity contribution is 0.0527. The van der Waals surface area contributed by atoms with Crippen molar-refractivity contribution in [3.8, 4) is 22.5 Å². The Morgan fingerprint density at radius 2 is 1.50 bits per heavy atom. The number of carbonyl (C=O) groups excluding carboxylic acids is 1. The Morgan fingerprint density at radius 3 is 2.20 bits per heavy atom. The Kier molecular flexibility index (Phi) is 5.75.